The van der Waals surface area contributed by atoms with Gasteiger partial charge in [-0.2, -0.15) is 0 Å². The van der Waals surface area contributed by atoms with Crippen molar-refractivity contribution in [2.75, 3.05) is 20.2 Å². The highest BCUT2D eigenvalue weighted by atomic mass is 16.5. The Balaban J connectivity index is 1.57. The normalized spacial score (nSPS) is 16.8. The molecule has 3 aromatic rings. The van der Waals surface area contributed by atoms with Crippen LogP contribution >= 0.6 is 0 Å². The zero-order chi connectivity index (χ0) is 19.7. The number of methoxy groups -OCH3 is 1. The van der Waals surface area contributed by atoms with E-state index in [1.54, 1.807) is 13.3 Å². The predicted octanol–water partition coefficient (Wildman–Crippen LogP) is 2.18. The van der Waals surface area contributed by atoms with Crippen LogP contribution in [-0.2, 0) is 16.0 Å². The number of nitrogens with zero attached hydrogens (tertiary/aromatic N) is 3. The van der Waals surface area contributed by atoms with Crippen molar-refractivity contribution in [3.05, 3.63) is 58.1 Å². The fraction of sp³-hybridized carbons (Fsp3) is 0.381. The van der Waals surface area contributed by atoms with Gasteiger partial charge in [0.1, 0.15) is 0 Å². The van der Waals surface area contributed by atoms with Crippen molar-refractivity contribution >= 4 is 11.6 Å². The second-order valence-corrected chi connectivity index (χ2v) is 7.18. The van der Waals surface area contributed by atoms with Crippen molar-refractivity contribution in [3.8, 4) is 11.1 Å². The zero-order valence-electron chi connectivity index (χ0n) is 16.1. The lowest BCUT2D eigenvalue weighted by molar-refractivity contribution is -0.130. The number of fused-ring (bicyclic) bond motifs is 1. The zero-order valence-corrected chi connectivity index (χ0v) is 16.1. The van der Waals surface area contributed by atoms with Crippen LogP contribution in [-0.4, -0.2) is 51.7 Å². The molecule has 1 aliphatic rings. The number of nitrogens with one attached hydrogen (secondary N) is 1. The third-order valence-electron chi connectivity index (χ3n) is 5.47. The molecule has 1 aliphatic heterocycles. The molecule has 3 heterocycles. The molecule has 1 atom stereocenters. The summed E-state index contributed by atoms with van der Waals surface area (Å²) in [7, 11) is 1.67. The number of rotatable bonds is 5. The summed E-state index contributed by atoms with van der Waals surface area (Å²) < 4.78 is 6.78. The van der Waals surface area contributed by atoms with Gasteiger partial charge in [0.05, 0.1) is 6.10 Å². The average Bonchev–Trinajstić information content (AvgIpc) is 3.35. The number of ether oxygens (including phenoxy) is 1. The molecule has 0 saturated carbocycles. The van der Waals surface area contributed by atoms with Crippen LogP contribution < -0.4 is 5.56 Å². The molecule has 28 heavy (non-hydrogen) atoms. The van der Waals surface area contributed by atoms with Gasteiger partial charge in [0.15, 0.2) is 5.65 Å². The number of hydrogen-bond donors (Lipinski definition) is 1. The van der Waals surface area contributed by atoms with Gasteiger partial charge < -0.3 is 9.64 Å². The van der Waals surface area contributed by atoms with E-state index in [1.807, 2.05) is 42.2 Å². The number of aromatic amines is 1. The second-order valence-electron chi connectivity index (χ2n) is 7.18. The molecule has 0 bridgehead atoms. The van der Waals surface area contributed by atoms with E-state index in [1.165, 1.54) is 4.52 Å². The fourth-order valence-corrected chi connectivity index (χ4v) is 3.81. The Morgan fingerprint density at radius 3 is 2.82 bits per heavy atom. The monoisotopic (exact) mass is 380 g/mol. The van der Waals surface area contributed by atoms with Crippen LogP contribution in [0.15, 0.2) is 41.3 Å². The molecular formula is C21H24N4O3. The lowest BCUT2D eigenvalue weighted by Crippen LogP contribution is -2.31. The standard InChI is InChI=1S/C21H24N4O3/c1-14-17(8-9-19(26)24-11-10-16(13-24)28-2)21(27)25-20(23-14)18(12-22-25)15-6-4-3-5-7-15/h3-7,12,16,22H,8-11,13H2,1-2H3. The maximum absolute atomic E-state index is 13.0. The van der Waals surface area contributed by atoms with Crippen molar-refractivity contribution in [1.82, 2.24) is 19.5 Å². The summed E-state index contributed by atoms with van der Waals surface area (Å²) in [5.41, 5.74) is 3.59. The van der Waals surface area contributed by atoms with Gasteiger partial charge in [0, 0.05) is 49.6 Å². The molecule has 1 aromatic carbocycles. The van der Waals surface area contributed by atoms with Gasteiger partial charge in [0.25, 0.3) is 5.56 Å². The first-order valence-electron chi connectivity index (χ1n) is 9.54. The molecule has 1 N–H and O–H groups in total. The van der Waals surface area contributed by atoms with Crippen LogP contribution in [0.5, 0.6) is 0 Å². The first-order valence-corrected chi connectivity index (χ1v) is 9.54. The van der Waals surface area contributed by atoms with Crippen LogP contribution in [0.25, 0.3) is 16.8 Å². The quantitative estimate of drug-likeness (QED) is 0.736. The van der Waals surface area contributed by atoms with E-state index in [-0.39, 0.29) is 17.6 Å². The minimum absolute atomic E-state index is 0.0555. The Kier molecular flexibility index (Phi) is 5.00. The number of aryl methyl sites for hydroxylation is 1. The number of aromatic nitrogens is 3. The SMILES string of the molecule is COC1CCN(C(=O)CCc2c(C)nc3c(-c4ccccc4)c[nH]n3c2=O)C1. The van der Waals surface area contributed by atoms with Gasteiger partial charge in [-0.15, -0.1) is 0 Å². The Hall–Kier alpha value is -2.93. The van der Waals surface area contributed by atoms with E-state index in [4.69, 9.17) is 4.74 Å². The predicted molar refractivity (Wildman–Crippen MR) is 106 cm³/mol. The Bertz CT molecular complexity index is 1050. The molecule has 7 nitrogen and oxygen atoms in total. The highest BCUT2D eigenvalue weighted by Crippen LogP contribution is 2.23. The van der Waals surface area contributed by atoms with E-state index < -0.39 is 0 Å². The number of H-pyrrole nitrogens is 1. The van der Waals surface area contributed by atoms with Crippen LogP contribution in [0.1, 0.15) is 24.1 Å². The average molecular weight is 380 g/mol. The smallest absolute Gasteiger partial charge is 0.276 e. The van der Waals surface area contributed by atoms with E-state index >= 15 is 0 Å². The maximum Gasteiger partial charge on any atom is 0.276 e. The summed E-state index contributed by atoms with van der Waals surface area (Å²) in [6, 6.07) is 9.83. The third kappa shape index (κ3) is 3.33. The number of carbonyl (C=O) groups excluding carboxylic acids is 1. The molecular weight excluding hydrogens is 356 g/mol. The van der Waals surface area contributed by atoms with Crippen molar-refractivity contribution in [2.24, 2.45) is 0 Å². The number of amides is 1. The van der Waals surface area contributed by atoms with Crippen LogP contribution in [0.2, 0.25) is 0 Å². The highest BCUT2D eigenvalue weighted by molar-refractivity contribution is 5.78. The fourth-order valence-electron chi connectivity index (χ4n) is 3.81. The molecule has 1 fully saturated rings. The first kappa shape index (κ1) is 18.4. The number of carbonyl (C=O) groups is 1. The van der Waals surface area contributed by atoms with Crippen molar-refractivity contribution in [1.29, 1.82) is 0 Å². The summed E-state index contributed by atoms with van der Waals surface area (Å²) in [6.07, 6.45) is 3.45. The summed E-state index contributed by atoms with van der Waals surface area (Å²) in [5, 5.41) is 3.01. The maximum atomic E-state index is 13.0. The minimum Gasteiger partial charge on any atom is -0.380 e. The molecule has 7 heteroatoms. The molecule has 0 radical (unpaired) electrons. The third-order valence-corrected chi connectivity index (χ3v) is 5.47. The molecule has 146 valence electrons. The van der Waals surface area contributed by atoms with Gasteiger partial charge in [-0.1, -0.05) is 30.3 Å². The lowest BCUT2D eigenvalue weighted by atomic mass is 10.1. The first-order chi connectivity index (χ1) is 13.6. The van der Waals surface area contributed by atoms with Crippen molar-refractivity contribution < 1.29 is 9.53 Å². The van der Waals surface area contributed by atoms with Crippen molar-refractivity contribution in [3.63, 3.8) is 0 Å². The second kappa shape index (κ2) is 7.59. The van der Waals surface area contributed by atoms with Gasteiger partial charge in [-0.3, -0.25) is 14.7 Å². The number of likely N-dealkylation sites (tertiary alicyclic amines) is 1. The molecule has 0 aliphatic carbocycles. The summed E-state index contributed by atoms with van der Waals surface area (Å²) >= 11 is 0. The lowest BCUT2D eigenvalue weighted by Gasteiger charge is -2.16. The highest BCUT2D eigenvalue weighted by Gasteiger charge is 2.26. The Morgan fingerprint density at radius 1 is 1.32 bits per heavy atom. The van der Waals surface area contributed by atoms with E-state index in [2.05, 4.69) is 10.1 Å². The van der Waals surface area contributed by atoms with Crippen LogP contribution in [0.4, 0.5) is 0 Å². The van der Waals surface area contributed by atoms with E-state index in [0.29, 0.717) is 42.8 Å². The minimum atomic E-state index is -0.145. The van der Waals surface area contributed by atoms with Gasteiger partial charge in [0.2, 0.25) is 5.91 Å². The molecule has 1 unspecified atom stereocenters. The van der Waals surface area contributed by atoms with Crippen LogP contribution in [0.3, 0.4) is 0 Å². The summed E-state index contributed by atoms with van der Waals surface area (Å²) in [4.78, 5) is 31.9. The van der Waals surface area contributed by atoms with Crippen LogP contribution in [0, 0.1) is 6.92 Å². The van der Waals surface area contributed by atoms with Crippen molar-refractivity contribution in [2.45, 2.75) is 32.3 Å². The largest absolute Gasteiger partial charge is 0.380 e. The molecule has 1 amide bonds. The molecule has 0 spiro atoms. The van der Waals surface area contributed by atoms with E-state index in [9.17, 15) is 9.59 Å². The topological polar surface area (TPSA) is 79.7 Å². The number of benzene rings is 1. The van der Waals surface area contributed by atoms with Gasteiger partial charge in [-0.25, -0.2) is 9.50 Å². The van der Waals surface area contributed by atoms with E-state index in [0.717, 1.165) is 17.5 Å². The summed E-state index contributed by atoms with van der Waals surface area (Å²) in [6.45, 7) is 3.17. The number of hydrogen-bond acceptors (Lipinski definition) is 4. The van der Waals surface area contributed by atoms with Gasteiger partial charge in [-0.05, 0) is 25.3 Å². The molecule has 2 aromatic heterocycles. The Labute approximate surface area is 162 Å². The Morgan fingerprint density at radius 2 is 2.11 bits per heavy atom. The van der Waals surface area contributed by atoms with Gasteiger partial charge >= 0.3 is 0 Å². The molecule has 4 rings (SSSR count). The summed E-state index contributed by atoms with van der Waals surface area (Å²) in [5.74, 6) is 0.0555. The molecule has 1 saturated heterocycles.